The number of rotatable bonds is 3. The molecule has 0 aliphatic rings. The van der Waals surface area contributed by atoms with Crippen molar-refractivity contribution in [1.82, 2.24) is 5.43 Å². The minimum atomic E-state index is -0.583. The van der Waals surface area contributed by atoms with Crippen molar-refractivity contribution in [2.75, 3.05) is 20.8 Å². The van der Waals surface area contributed by atoms with Crippen molar-refractivity contribution in [3.05, 3.63) is 0 Å². The van der Waals surface area contributed by atoms with Gasteiger partial charge in [-0.3, -0.25) is 0 Å². The van der Waals surface area contributed by atoms with Crippen LogP contribution in [0.2, 0.25) is 0 Å². The van der Waals surface area contributed by atoms with Crippen LogP contribution < -0.4 is 5.43 Å². The monoisotopic (exact) mass is 160 g/mol. The first-order chi connectivity index (χ1) is 5.20. The summed E-state index contributed by atoms with van der Waals surface area (Å²) >= 11 is 0. The number of hydrogen-bond donors (Lipinski definition) is 1. The van der Waals surface area contributed by atoms with E-state index in [2.05, 4.69) is 15.3 Å². The molecule has 0 fully saturated rings. The largest absolute Gasteiger partial charge is 0.452 e. The molecule has 0 saturated heterocycles. The smallest absolute Gasteiger partial charge is 0.427 e. The maximum Gasteiger partial charge on any atom is 0.427 e. The molecule has 1 amide bonds. The van der Waals surface area contributed by atoms with Crippen molar-refractivity contribution in [2.45, 2.75) is 6.92 Å². The Balaban J connectivity index is 3.63. The molecule has 0 heterocycles. The Morgan fingerprint density at radius 1 is 1.55 bits per heavy atom. The number of ether oxygens (including phenoxy) is 2. The van der Waals surface area contributed by atoms with E-state index >= 15 is 0 Å². The van der Waals surface area contributed by atoms with Crippen molar-refractivity contribution >= 4 is 11.8 Å². The second-order valence-corrected chi connectivity index (χ2v) is 1.88. The maximum absolute atomic E-state index is 10.4. The van der Waals surface area contributed by atoms with Crippen LogP contribution in [0.15, 0.2) is 5.10 Å². The zero-order valence-corrected chi connectivity index (χ0v) is 6.88. The lowest BCUT2D eigenvalue weighted by Crippen LogP contribution is -2.19. The fourth-order valence-corrected chi connectivity index (χ4v) is 0.428. The number of methoxy groups -OCH3 is 2. The average molecular weight is 160 g/mol. The van der Waals surface area contributed by atoms with E-state index in [1.807, 2.05) is 0 Å². The lowest BCUT2D eigenvalue weighted by molar-refractivity contribution is 0.171. The average Bonchev–Trinajstić information content (AvgIpc) is 2.01. The molecule has 0 rings (SSSR count). The summed E-state index contributed by atoms with van der Waals surface area (Å²) in [5, 5.41) is 3.65. The zero-order chi connectivity index (χ0) is 8.69. The molecular weight excluding hydrogens is 148 g/mol. The van der Waals surface area contributed by atoms with Gasteiger partial charge in [0.1, 0.15) is 0 Å². The molecule has 1 N–H and O–H groups in total. The van der Waals surface area contributed by atoms with Crippen LogP contribution in [0.4, 0.5) is 4.79 Å². The fraction of sp³-hybridized carbons (Fsp3) is 0.667. The van der Waals surface area contributed by atoms with Gasteiger partial charge in [0.15, 0.2) is 0 Å². The van der Waals surface area contributed by atoms with Crippen LogP contribution in [-0.4, -0.2) is 32.6 Å². The van der Waals surface area contributed by atoms with E-state index in [4.69, 9.17) is 4.74 Å². The molecule has 5 nitrogen and oxygen atoms in total. The van der Waals surface area contributed by atoms with Gasteiger partial charge in [0.05, 0.1) is 19.4 Å². The topological polar surface area (TPSA) is 59.9 Å². The van der Waals surface area contributed by atoms with Gasteiger partial charge in [-0.25, -0.2) is 10.2 Å². The Kier molecular flexibility index (Phi) is 5.10. The molecule has 0 aromatic heterocycles. The molecule has 0 radical (unpaired) electrons. The third kappa shape index (κ3) is 5.35. The van der Waals surface area contributed by atoms with Gasteiger partial charge in [0.25, 0.3) is 0 Å². The molecule has 0 aromatic carbocycles. The second kappa shape index (κ2) is 5.67. The molecule has 5 heteroatoms. The minimum absolute atomic E-state index is 0.393. The first-order valence-electron chi connectivity index (χ1n) is 3.06. The number of amides is 1. The normalized spacial score (nSPS) is 11.0. The first kappa shape index (κ1) is 9.90. The van der Waals surface area contributed by atoms with Crippen molar-refractivity contribution in [3.8, 4) is 0 Å². The molecule has 0 aliphatic heterocycles. The molecule has 0 aliphatic carbocycles. The van der Waals surface area contributed by atoms with Crippen LogP contribution in [0.1, 0.15) is 6.92 Å². The Morgan fingerprint density at radius 2 is 2.18 bits per heavy atom. The fourth-order valence-electron chi connectivity index (χ4n) is 0.428. The summed E-state index contributed by atoms with van der Waals surface area (Å²) in [5.74, 6) is 0. The van der Waals surface area contributed by atoms with E-state index in [1.54, 1.807) is 14.0 Å². The van der Waals surface area contributed by atoms with Gasteiger partial charge in [-0.2, -0.15) is 5.10 Å². The van der Waals surface area contributed by atoms with Crippen LogP contribution in [0.25, 0.3) is 0 Å². The van der Waals surface area contributed by atoms with E-state index in [1.165, 1.54) is 7.11 Å². The van der Waals surface area contributed by atoms with Gasteiger partial charge < -0.3 is 9.47 Å². The number of hydrogen-bond acceptors (Lipinski definition) is 4. The lowest BCUT2D eigenvalue weighted by Gasteiger charge is -1.99. The highest BCUT2D eigenvalue weighted by atomic mass is 16.5. The number of carbonyl (C=O) groups excluding carboxylic acids is 1. The third-order valence-electron chi connectivity index (χ3n) is 0.877. The Labute approximate surface area is 65.4 Å². The Morgan fingerprint density at radius 3 is 2.64 bits per heavy atom. The maximum atomic E-state index is 10.4. The van der Waals surface area contributed by atoms with Gasteiger partial charge in [0, 0.05) is 7.11 Å². The van der Waals surface area contributed by atoms with E-state index in [0.717, 1.165) is 0 Å². The first-order valence-corrected chi connectivity index (χ1v) is 3.06. The molecule has 0 unspecified atom stereocenters. The number of nitrogens with one attached hydrogen (secondary N) is 1. The highest BCUT2D eigenvalue weighted by molar-refractivity contribution is 5.84. The molecular formula is C6H12N2O3. The molecule has 0 bridgehead atoms. The summed E-state index contributed by atoms with van der Waals surface area (Å²) in [6.45, 7) is 2.13. The van der Waals surface area contributed by atoms with Crippen molar-refractivity contribution in [3.63, 3.8) is 0 Å². The van der Waals surface area contributed by atoms with Gasteiger partial charge in [-0.15, -0.1) is 0 Å². The molecule has 11 heavy (non-hydrogen) atoms. The van der Waals surface area contributed by atoms with Crippen LogP contribution in [0.5, 0.6) is 0 Å². The van der Waals surface area contributed by atoms with Gasteiger partial charge in [-0.1, -0.05) is 0 Å². The molecule has 64 valence electrons. The number of nitrogens with zero attached hydrogens (tertiary/aromatic N) is 1. The van der Waals surface area contributed by atoms with E-state index in [-0.39, 0.29) is 0 Å². The quantitative estimate of drug-likeness (QED) is 0.479. The Hall–Kier alpha value is -1.10. The van der Waals surface area contributed by atoms with Crippen LogP contribution >= 0.6 is 0 Å². The standard InChI is InChI=1S/C6H12N2O3/c1-5(4-10-2)7-8-6(9)11-3/h4H2,1-3H3,(H,8,9)/b7-5+. The second-order valence-electron chi connectivity index (χ2n) is 1.88. The molecule has 0 saturated carbocycles. The van der Waals surface area contributed by atoms with Crippen LogP contribution in [0, 0.1) is 0 Å². The summed E-state index contributed by atoms with van der Waals surface area (Å²) in [5.41, 5.74) is 2.84. The zero-order valence-electron chi connectivity index (χ0n) is 6.88. The molecule has 0 spiro atoms. The van der Waals surface area contributed by atoms with Crippen molar-refractivity contribution < 1.29 is 14.3 Å². The minimum Gasteiger partial charge on any atom is -0.452 e. The summed E-state index contributed by atoms with van der Waals surface area (Å²) in [4.78, 5) is 10.4. The van der Waals surface area contributed by atoms with E-state index < -0.39 is 6.09 Å². The third-order valence-corrected chi connectivity index (χ3v) is 0.877. The highest BCUT2D eigenvalue weighted by Crippen LogP contribution is 1.77. The van der Waals surface area contributed by atoms with Crippen molar-refractivity contribution in [1.29, 1.82) is 0 Å². The summed E-state index contributed by atoms with van der Waals surface area (Å²) in [7, 11) is 2.83. The summed E-state index contributed by atoms with van der Waals surface area (Å²) < 4.78 is 9.03. The summed E-state index contributed by atoms with van der Waals surface area (Å²) in [6, 6.07) is 0. The summed E-state index contributed by atoms with van der Waals surface area (Å²) in [6.07, 6.45) is -0.583. The molecule has 0 aromatic rings. The predicted octanol–water partition coefficient (Wildman–Crippen LogP) is 0.365. The molecule has 0 atom stereocenters. The number of hydrazone groups is 1. The van der Waals surface area contributed by atoms with E-state index in [0.29, 0.717) is 12.3 Å². The van der Waals surface area contributed by atoms with Crippen LogP contribution in [0.3, 0.4) is 0 Å². The van der Waals surface area contributed by atoms with E-state index in [9.17, 15) is 4.79 Å². The highest BCUT2D eigenvalue weighted by Gasteiger charge is 1.94. The SMILES string of the molecule is COC/C(C)=N/NC(=O)OC. The van der Waals surface area contributed by atoms with Crippen LogP contribution in [-0.2, 0) is 9.47 Å². The van der Waals surface area contributed by atoms with Gasteiger partial charge >= 0.3 is 6.09 Å². The lowest BCUT2D eigenvalue weighted by atomic mass is 10.5. The number of carbonyl (C=O) groups is 1. The van der Waals surface area contributed by atoms with Gasteiger partial charge in [0.2, 0.25) is 0 Å². The van der Waals surface area contributed by atoms with Crippen molar-refractivity contribution in [2.24, 2.45) is 5.10 Å². The van der Waals surface area contributed by atoms with Gasteiger partial charge in [-0.05, 0) is 6.92 Å². The predicted molar refractivity (Wildman–Crippen MR) is 40.5 cm³/mol. The Bertz CT molecular complexity index is 156.